The minimum atomic E-state index is -0.806. The van der Waals surface area contributed by atoms with Crippen molar-refractivity contribution in [2.24, 2.45) is 5.92 Å². The van der Waals surface area contributed by atoms with Gasteiger partial charge in [-0.3, -0.25) is 9.59 Å². The normalized spacial score (nSPS) is 19.4. The van der Waals surface area contributed by atoms with Crippen molar-refractivity contribution in [1.82, 2.24) is 10.2 Å². The molecule has 1 fully saturated rings. The summed E-state index contributed by atoms with van der Waals surface area (Å²) < 4.78 is 18.9. The second-order valence-corrected chi connectivity index (χ2v) is 7.43. The third-order valence-electron chi connectivity index (χ3n) is 4.60. The number of hydrogen-bond acceptors (Lipinski definition) is 3. The van der Waals surface area contributed by atoms with Gasteiger partial charge in [-0.25, -0.2) is 4.39 Å². The fourth-order valence-electron chi connectivity index (χ4n) is 3.35. The first-order chi connectivity index (χ1) is 13.4. The molecule has 0 spiro atoms. The first-order valence-electron chi connectivity index (χ1n) is 9.43. The van der Waals surface area contributed by atoms with Crippen molar-refractivity contribution in [3.63, 3.8) is 0 Å². The van der Waals surface area contributed by atoms with E-state index in [1.54, 1.807) is 17.0 Å². The average molecular weight is 384 g/mol. The van der Waals surface area contributed by atoms with Crippen molar-refractivity contribution < 1.29 is 18.7 Å². The lowest BCUT2D eigenvalue weighted by molar-refractivity contribution is -0.156. The highest BCUT2D eigenvalue weighted by Gasteiger charge is 2.38. The molecule has 2 aromatic rings. The molecular weight excluding hydrogens is 359 g/mol. The van der Waals surface area contributed by atoms with Crippen molar-refractivity contribution in [1.29, 1.82) is 0 Å². The van der Waals surface area contributed by atoms with Crippen LogP contribution in [0.15, 0.2) is 54.6 Å². The van der Waals surface area contributed by atoms with Gasteiger partial charge in [-0.15, -0.1) is 0 Å². The molecule has 1 aliphatic rings. The van der Waals surface area contributed by atoms with Crippen LogP contribution in [-0.4, -0.2) is 36.0 Å². The Hall–Kier alpha value is -2.73. The van der Waals surface area contributed by atoms with Crippen LogP contribution in [0.25, 0.3) is 0 Å². The lowest BCUT2D eigenvalue weighted by atomic mass is 9.98. The molecule has 5 nitrogen and oxygen atoms in total. The molecule has 1 N–H and O–H groups in total. The fourth-order valence-corrected chi connectivity index (χ4v) is 3.35. The van der Waals surface area contributed by atoms with Crippen LogP contribution in [0.5, 0.6) is 0 Å². The number of rotatable bonds is 6. The summed E-state index contributed by atoms with van der Waals surface area (Å²) in [6, 6.07) is 14.9. The monoisotopic (exact) mass is 384 g/mol. The molecule has 0 aromatic heterocycles. The van der Waals surface area contributed by atoms with Crippen LogP contribution >= 0.6 is 0 Å². The largest absolute Gasteiger partial charge is 0.356 e. The maximum atomic E-state index is 13.4. The lowest BCUT2D eigenvalue weighted by Gasteiger charge is -2.36. The van der Waals surface area contributed by atoms with Gasteiger partial charge in [-0.1, -0.05) is 56.3 Å². The number of carbonyl (C=O) groups is 2. The molecule has 6 heteroatoms. The highest BCUT2D eigenvalue weighted by Crippen LogP contribution is 2.25. The number of halogens is 1. The highest BCUT2D eigenvalue weighted by molar-refractivity contribution is 5.86. The van der Waals surface area contributed by atoms with Gasteiger partial charge in [0.25, 0.3) is 5.91 Å². The maximum Gasteiger partial charge on any atom is 0.254 e. The molecule has 0 radical (unpaired) electrons. The Bertz CT molecular complexity index is 808. The van der Waals surface area contributed by atoms with Crippen LogP contribution in [0.1, 0.15) is 31.0 Å². The van der Waals surface area contributed by atoms with Crippen LogP contribution < -0.4 is 5.32 Å². The van der Waals surface area contributed by atoms with Crippen LogP contribution in [0.3, 0.4) is 0 Å². The number of morpholine rings is 1. The third-order valence-corrected chi connectivity index (χ3v) is 4.60. The number of nitrogens with zero attached hydrogens (tertiary/aromatic N) is 1. The number of benzene rings is 2. The summed E-state index contributed by atoms with van der Waals surface area (Å²) in [7, 11) is 0. The second kappa shape index (κ2) is 8.97. The Kier molecular flexibility index (Phi) is 6.41. The molecule has 0 aliphatic carbocycles. The molecular formula is C22H25FN2O3. The zero-order valence-corrected chi connectivity index (χ0v) is 16.1. The minimum Gasteiger partial charge on any atom is -0.356 e. The van der Waals surface area contributed by atoms with Crippen molar-refractivity contribution in [2.45, 2.75) is 32.5 Å². The van der Waals surface area contributed by atoms with Gasteiger partial charge in [-0.05, 0) is 29.2 Å². The van der Waals surface area contributed by atoms with E-state index in [0.717, 1.165) is 11.1 Å². The van der Waals surface area contributed by atoms with Gasteiger partial charge < -0.3 is 15.0 Å². The van der Waals surface area contributed by atoms with E-state index in [1.165, 1.54) is 12.1 Å². The van der Waals surface area contributed by atoms with Gasteiger partial charge in [0.2, 0.25) is 5.91 Å². The summed E-state index contributed by atoms with van der Waals surface area (Å²) in [5.41, 5.74) is 1.66. The molecule has 0 bridgehead atoms. The molecule has 0 unspecified atom stereocenters. The van der Waals surface area contributed by atoms with E-state index in [9.17, 15) is 14.0 Å². The predicted molar refractivity (Wildman–Crippen MR) is 104 cm³/mol. The van der Waals surface area contributed by atoms with Crippen LogP contribution in [0.4, 0.5) is 4.39 Å². The number of hydrogen-bond donors (Lipinski definition) is 1. The molecule has 2 aromatic carbocycles. The van der Waals surface area contributed by atoms with Gasteiger partial charge in [0.05, 0.1) is 6.04 Å². The van der Waals surface area contributed by atoms with Gasteiger partial charge in [0, 0.05) is 13.1 Å². The molecule has 3 rings (SSSR count). The molecule has 2 amide bonds. The second-order valence-electron chi connectivity index (χ2n) is 7.43. The van der Waals surface area contributed by atoms with Crippen molar-refractivity contribution in [3.05, 3.63) is 71.5 Å². The third kappa shape index (κ3) is 4.95. The van der Waals surface area contributed by atoms with E-state index in [0.29, 0.717) is 13.1 Å². The van der Waals surface area contributed by atoms with Gasteiger partial charge >= 0.3 is 0 Å². The molecule has 2 atom stereocenters. The van der Waals surface area contributed by atoms with E-state index in [4.69, 9.17) is 4.74 Å². The quantitative estimate of drug-likeness (QED) is 0.833. The standard InChI is InChI=1S/C22H25FN2O3/c1-15(2)12-25(13-16-8-10-18(23)11-9-16)22(27)21-20(24-19(26)14-28-21)17-6-4-3-5-7-17/h3-11,15,20-21H,12-14H2,1-2H3,(H,24,26)/t20-,21+/m1/s1. The Balaban J connectivity index is 1.84. The summed E-state index contributed by atoms with van der Waals surface area (Å²) in [5, 5.41) is 2.88. The van der Waals surface area contributed by atoms with Gasteiger partial charge in [0.1, 0.15) is 12.4 Å². The summed E-state index contributed by atoms with van der Waals surface area (Å²) in [5.74, 6) is -0.496. The van der Waals surface area contributed by atoms with E-state index in [-0.39, 0.29) is 30.2 Å². The Morgan fingerprint density at radius 3 is 2.50 bits per heavy atom. The van der Waals surface area contributed by atoms with E-state index in [1.807, 2.05) is 44.2 Å². The van der Waals surface area contributed by atoms with Crippen LogP contribution in [0.2, 0.25) is 0 Å². The SMILES string of the molecule is CC(C)CN(Cc1ccc(F)cc1)C(=O)[C@H]1OCC(=O)N[C@@H]1c1ccccc1. The molecule has 148 valence electrons. The first-order valence-corrected chi connectivity index (χ1v) is 9.43. The summed E-state index contributed by atoms with van der Waals surface area (Å²) in [6.07, 6.45) is -0.806. The topological polar surface area (TPSA) is 58.6 Å². The molecule has 1 aliphatic heterocycles. The lowest BCUT2D eigenvalue weighted by Crippen LogP contribution is -2.53. The zero-order valence-electron chi connectivity index (χ0n) is 16.1. The summed E-state index contributed by atoms with van der Waals surface area (Å²) in [6.45, 7) is 4.80. The van der Waals surface area contributed by atoms with Crippen molar-refractivity contribution in [2.75, 3.05) is 13.2 Å². The van der Waals surface area contributed by atoms with Gasteiger partial charge in [0.15, 0.2) is 6.10 Å². The Morgan fingerprint density at radius 2 is 1.86 bits per heavy atom. The van der Waals surface area contributed by atoms with E-state index in [2.05, 4.69) is 5.32 Å². The number of amides is 2. The van der Waals surface area contributed by atoms with Crippen LogP contribution in [-0.2, 0) is 20.9 Å². The molecule has 28 heavy (non-hydrogen) atoms. The fraction of sp³-hybridized carbons (Fsp3) is 0.364. The molecule has 0 saturated carbocycles. The first kappa shape index (κ1) is 20.0. The maximum absolute atomic E-state index is 13.4. The Morgan fingerprint density at radius 1 is 1.18 bits per heavy atom. The van der Waals surface area contributed by atoms with Crippen molar-refractivity contribution >= 4 is 11.8 Å². The summed E-state index contributed by atoms with van der Waals surface area (Å²) >= 11 is 0. The molecule has 1 heterocycles. The predicted octanol–water partition coefficient (Wildman–Crippen LogP) is 3.07. The van der Waals surface area contributed by atoms with E-state index < -0.39 is 12.1 Å². The molecule has 1 saturated heterocycles. The van der Waals surface area contributed by atoms with E-state index >= 15 is 0 Å². The van der Waals surface area contributed by atoms with Crippen molar-refractivity contribution in [3.8, 4) is 0 Å². The highest BCUT2D eigenvalue weighted by atomic mass is 19.1. The number of nitrogens with one attached hydrogen (secondary N) is 1. The van der Waals surface area contributed by atoms with Gasteiger partial charge in [-0.2, -0.15) is 0 Å². The zero-order chi connectivity index (χ0) is 20.1. The minimum absolute atomic E-state index is 0.147. The summed E-state index contributed by atoms with van der Waals surface area (Å²) in [4.78, 5) is 27.0. The number of ether oxygens (including phenoxy) is 1. The number of carbonyl (C=O) groups excluding carboxylic acids is 2. The Labute approximate surface area is 164 Å². The average Bonchev–Trinajstić information content (AvgIpc) is 2.69. The van der Waals surface area contributed by atoms with Crippen LogP contribution in [0, 0.1) is 11.7 Å². The smallest absolute Gasteiger partial charge is 0.254 e.